The van der Waals surface area contributed by atoms with Crippen LogP contribution in [0.15, 0.2) is 30.3 Å². The number of nitrogens with zero attached hydrogens (tertiary/aromatic N) is 2. The lowest BCUT2D eigenvalue weighted by molar-refractivity contribution is -0.0498. The molecule has 0 saturated carbocycles. The van der Waals surface area contributed by atoms with Gasteiger partial charge in [0.2, 0.25) is 0 Å². The molecule has 9 heteroatoms. The van der Waals surface area contributed by atoms with Gasteiger partial charge in [-0.3, -0.25) is 9.36 Å². The molecule has 0 unspecified atom stereocenters. The van der Waals surface area contributed by atoms with Crippen LogP contribution in [0.3, 0.4) is 0 Å². The number of alkyl halides is 2. The first kappa shape index (κ1) is 17.7. The number of rotatable bonds is 3. The van der Waals surface area contributed by atoms with Crippen molar-refractivity contribution in [3.8, 4) is 11.4 Å². The maximum Gasteiger partial charge on any atom is 0.387 e. The monoisotopic (exact) mass is 395 g/mol. The average Bonchev–Trinajstić information content (AvgIpc) is 2.91. The Morgan fingerprint density at radius 3 is 2.85 bits per heavy atom. The normalized spacial score (nSPS) is 16.1. The molecular formula is C18H13ClF3N3O2. The Morgan fingerprint density at radius 2 is 2.15 bits per heavy atom. The second-order valence-corrected chi connectivity index (χ2v) is 6.43. The summed E-state index contributed by atoms with van der Waals surface area (Å²) >= 11 is 5.93. The summed E-state index contributed by atoms with van der Waals surface area (Å²) in [6.45, 7) is -1.24. The SMILES string of the molecule is CC[C@H]1NC(=O)c2cccc(OC(F)F)c2-n2c1nc1cc(F)c(Cl)cc12. The fourth-order valence-corrected chi connectivity index (χ4v) is 3.43. The largest absolute Gasteiger partial charge is 0.433 e. The van der Waals surface area contributed by atoms with Crippen molar-refractivity contribution < 1.29 is 22.7 Å². The van der Waals surface area contributed by atoms with E-state index < -0.39 is 24.4 Å². The van der Waals surface area contributed by atoms with Crippen molar-refractivity contribution in [1.82, 2.24) is 14.9 Å². The molecule has 5 nitrogen and oxygen atoms in total. The topological polar surface area (TPSA) is 56.1 Å². The number of aromatic nitrogens is 2. The second-order valence-electron chi connectivity index (χ2n) is 6.03. The van der Waals surface area contributed by atoms with E-state index in [1.807, 2.05) is 6.92 Å². The van der Waals surface area contributed by atoms with Crippen molar-refractivity contribution in [1.29, 1.82) is 0 Å². The number of amides is 1. The van der Waals surface area contributed by atoms with Crippen molar-refractivity contribution in [2.24, 2.45) is 0 Å². The van der Waals surface area contributed by atoms with E-state index in [0.717, 1.165) is 0 Å². The molecule has 0 fully saturated rings. The highest BCUT2D eigenvalue weighted by atomic mass is 35.5. The van der Waals surface area contributed by atoms with Crippen molar-refractivity contribution in [2.45, 2.75) is 26.0 Å². The maximum atomic E-state index is 13.9. The number of para-hydroxylation sites is 1. The predicted molar refractivity (Wildman–Crippen MR) is 93.2 cm³/mol. The van der Waals surface area contributed by atoms with E-state index in [1.165, 1.54) is 34.9 Å². The number of halogens is 4. The molecule has 140 valence electrons. The molecule has 1 atom stereocenters. The lowest BCUT2D eigenvalue weighted by atomic mass is 10.1. The lowest BCUT2D eigenvalue weighted by Gasteiger charge is -2.16. The molecule has 1 amide bonds. The molecule has 0 bridgehead atoms. The minimum absolute atomic E-state index is 0.117. The fraction of sp³-hybridized carbons (Fsp3) is 0.222. The van der Waals surface area contributed by atoms with Gasteiger partial charge in [0.25, 0.3) is 5.91 Å². The number of imidazole rings is 1. The van der Waals surface area contributed by atoms with Gasteiger partial charge in [-0.1, -0.05) is 24.6 Å². The zero-order valence-corrected chi connectivity index (χ0v) is 14.7. The fourth-order valence-electron chi connectivity index (χ4n) is 3.27. The van der Waals surface area contributed by atoms with E-state index in [4.69, 9.17) is 11.6 Å². The Labute approximate surface area is 156 Å². The lowest BCUT2D eigenvalue weighted by Crippen LogP contribution is -2.27. The number of carbonyl (C=O) groups is 1. The molecule has 2 heterocycles. The quantitative estimate of drug-likeness (QED) is 0.704. The van der Waals surface area contributed by atoms with Gasteiger partial charge >= 0.3 is 6.61 Å². The number of benzene rings is 2. The first-order valence-electron chi connectivity index (χ1n) is 8.17. The maximum absolute atomic E-state index is 13.9. The first-order chi connectivity index (χ1) is 12.9. The Bertz CT molecular complexity index is 1070. The Hall–Kier alpha value is -2.74. The minimum Gasteiger partial charge on any atom is -0.433 e. The summed E-state index contributed by atoms with van der Waals surface area (Å²) in [5.41, 5.74) is 0.939. The molecule has 27 heavy (non-hydrogen) atoms. The molecule has 1 aromatic heterocycles. The van der Waals surface area contributed by atoms with Gasteiger partial charge in [-0.05, 0) is 24.6 Å². The van der Waals surface area contributed by atoms with Crippen LogP contribution >= 0.6 is 11.6 Å². The predicted octanol–water partition coefficient (Wildman–Crippen LogP) is 4.61. The smallest absolute Gasteiger partial charge is 0.387 e. The molecule has 1 N–H and O–H groups in total. The van der Waals surface area contributed by atoms with Gasteiger partial charge in [0, 0.05) is 6.07 Å². The van der Waals surface area contributed by atoms with Crippen LogP contribution in [0, 0.1) is 5.82 Å². The van der Waals surface area contributed by atoms with Crippen LogP contribution in [0.25, 0.3) is 16.7 Å². The standard InChI is InChI=1S/C18H13ClF3N3O2/c1-2-11-16-23-12-7-10(20)9(19)6-13(12)25(16)15-8(17(26)24-11)4-3-5-14(15)27-18(21)22/h3-7,11,18H,2H2,1H3,(H,24,26)/t11-/m1/s1. The highest BCUT2D eigenvalue weighted by Crippen LogP contribution is 2.38. The van der Waals surface area contributed by atoms with Crippen molar-refractivity contribution in [3.63, 3.8) is 0 Å². The van der Waals surface area contributed by atoms with Crippen LogP contribution in [-0.4, -0.2) is 22.1 Å². The van der Waals surface area contributed by atoms with Gasteiger partial charge in [0.1, 0.15) is 17.3 Å². The van der Waals surface area contributed by atoms with Crippen molar-refractivity contribution in [3.05, 3.63) is 52.6 Å². The zero-order chi connectivity index (χ0) is 19.3. The molecule has 0 spiro atoms. The number of hydrogen-bond acceptors (Lipinski definition) is 3. The Kier molecular flexibility index (Phi) is 4.22. The van der Waals surface area contributed by atoms with Crippen LogP contribution < -0.4 is 10.1 Å². The van der Waals surface area contributed by atoms with E-state index in [0.29, 0.717) is 23.3 Å². The van der Waals surface area contributed by atoms with Crippen LogP contribution in [-0.2, 0) is 0 Å². The second kappa shape index (κ2) is 6.45. The summed E-state index contributed by atoms with van der Waals surface area (Å²) < 4.78 is 46.0. The number of hydrogen-bond donors (Lipinski definition) is 1. The molecule has 1 aliphatic heterocycles. The Balaban J connectivity index is 2.12. The summed E-state index contributed by atoms with van der Waals surface area (Å²) in [6.07, 6.45) is 0.490. The average molecular weight is 396 g/mol. The third-order valence-electron chi connectivity index (χ3n) is 4.43. The molecule has 0 aliphatic carbocycles. The van der Waals surface area contributed by atoms with Gasteiger partial charge in [-0.2, -0.15) is 8.78 Å². The number of ether oxygens (including phenoxy) is 1. The van der Waals surface area contributed by atoms with E-state index in [1.54, 1.807) is 0 Å². The number of nitrogens with one attached hydrogen (secondary N) is 1. The summed E-state index contributed by atoms with van der Waals surface area (Å²) in [6, 6.07) is 6.32. The summed E-state index contributed by atoms with van der Waals surface area (Å²) in [4.78, 5) is 17.1. The molecule has 1 aliphatic rings. The molecular weight excluding hydrogens is 383 g/mol. The summed E-state index contributed by atoms with van der Waals surface area (Å²) in [7, 11) is 0. The molecule has 2 aromatic carbocycles. The Morgan fingerprint density at radius 1 is 1.37 bits per heavy atom. The van der Waals surface area contributed by atoms with Gasteiger partial charge in [0.15, 0.2) is 5.75 Å². The summed E-state index contributed by atoms with van der Waals surface area (Å²) in [5.74, 6) is -0.891. The van der Waals surface area contributed by atoms with Crippen LogP contribution in [0.1, 0.15) is 35.6 Å². The third-order valence-corrected chi connectivity index (χ3v) is 4.72. The first-order valence-corrected chi connectivity index (χ1v) is 8.55. The van der Waals surface area contributed by atoms with Gasteiger partial charge in [0.05, 0.1) is 27.7 Å². The van der Waals surface area contributed by atoms with E-state index >= 15 is 0 Å². The summed E-state index contributed by atoms with van der Waals surface area (Å²) in [5, 5.41) is 2.68. The van der Waals surface area contributed by atoms with Gasteiger partial charge < -0.3 is 10.1 Å². The molecule has 0 saturated heterocycles. The van der Waals surface area contributed by atoms with E-state index in [9.17, 15) is 18.0 Å². The highest BCUT2D eigenvalue weighted by molar-refractivity contribution is 6.31. The van der Waals surface area contributed by atoms with Crippen molar-refractivity contribution >= 4 is 28.5 Å². The van der Waals surface area contributed by atoms with Crippen molar-refractivity contribution in [2.75, 3.05) is 0 Å². The number of fused-ring (bicyclic) bond motifs is 5. The molecule has 0 radical (unpaired) electrons. The zero-order valence-electron chi connectivity index (χ0n) is 14.0. The molecule has 4 rings (SSSR count). The van der Waals surface area contributed by atoms with E-state index in [-0.39, 0.29) is 22.0 Å². The molecule has 3 aromatic rings. The van der Waals surface area contributed by atoms with Gasteiger partial charge in [-0.25, -0.2) is 9.37 Å². The van der Waals surface area contributed by atoms with Crippen LogP contribution in [0.4, 0.5) is 13.2 Å². The van der Waals surface area contributed by atoms with E-state index in [2.05, 4.69) is 15.0 Å². The highest BCUT2D eigenvalue weighted by Gasteiger charge is 2.31. The van der Waals surface area contributed by atoms with Crippen LogP contribution in [0.5, 0.6) is 5.75 Å². The van der Waals surface area contributed by atoms with Crippen LogP contribution in [0.2, 0.25) is 5.02 Å². The van der Waals surface area contributed by atoms with Gasteiger partial charge in [-0.15, -0.1) is 0 Å². The minimum atomic E-state index is -3.08. The number of carbonyl (C=O) groups excluding carboxylic acids is 1. The third kappa shape index (κ3) is 2.80.